The van der Waals surface area contributed by atoms with Crippen LogP contribution in [0.1, 0.15) is 23.6 Å². The minimum Gasteiger partial charge on any atom is -0.490 e. The summed E-state index contributed by atoms with van der Waals surface area (Å²) < 4.78 is 68.2. The molecular weight excluding hydrogens is 538 g/mol. The maximum atomic E-state index is 14.6. The Morgan fingerprint density at radius 2 is 1.68 bits per heavy atom. The molecule has 0 saturated carbocycles. The summed E-state index contributed by atoms with van der Waals surface area (Å²) in [5, 5.41) is 0. The lowest BCUT2D eigenvalue weighted by Gasteiger charge is -2.16. The zero-order valence-electron chi connectivity index (χ0n) is 22.2. The number of carbonyl (C=O) groups is 1. The van der Waals surface area contributed by atoms with Crippen LogP contribution in [0.4, 0.5) is 17.6 Å². The molecule has 0 spiro atoms. The van der Waals surface area contributed by atoms with Crippen molar-refractivity contribution in [1.82, 2.24) is 14.5 Å². The molecule has 5 rings (SSSR count). The summed E-state index contributed by atoms with van der Waals surface area (Å²) in [6.07, 6.45) is -0.978. The summed E-state index contributed by atoms with van der Waals surface area (Å²) in [6, 6.07) is 17.4. The number of hydrogen-bond donors (Lipinski definition) is 0. The van der Waals surface area contributed by atoms with Crippen LogP contribution in [0.15, 0.2) is 79.1 Å². The van der Waals surface area contributed by atoms with E-state index in [4.69, 9.17) is 9.47 Å². The fourth-order valence-electron chi connectivity index (χ4n) is 4.44. The zero-order valence-corrected chi connectivity index (χ0v) is 22.2. The van der Waals surface area contributed by atoms with Crippen molar-refractivity contribution < 1.29 is 31.8 Å². The lowest BCUT2D eigenvalue weighted by molar-refractivity contribution is -0.141. The number of nitrogens with zero attached hydrogens (tertiary/aromatic N) is 3. The Balaban J connectivity index is 1.33. The number of carbonyl (C=O) groups excluding carboxylic acids is 1. The molecule has 0 atom stereocenters. The second-order valence-corrected chi connectivity index (χ2v) is 9.46. The molecule has 3 aromatic rings. The molecule has 0 amide bonds. The fraction of sp³-hybridized carbons (Fsp3) is 0.194. The number of hydrogen-bond acceptors (Lipinski definition) is 5. The minimum absolute atomic E-state index is 0.0217. The molecule has 0 unspecified atom stereocenters. The maximum Gasteiger partial charge on any atom is 0.417 e. The molecule has 2 aliphatic rings. The van der Waals surface area contributed by atoms with Crippen molar-refractivity contribution in [3.8, 4) is 39.7 Å². The Morgan fingerprint density at radius 1 is 0.927 bits per heavy atom. The van der Waals surface area contributed by atoms with Gasteiger partial charge in [0, 0.05) is 25.9 Å². The second-order valence-electron chi connectivity index (χ2n) is 9.46. The standard InChI is InChI=1S/C31H25F4N3O3/c1-19-4-3-5-25(29(19)32)30-36-27-12-13-38(18-28(27)37-30)17-21-6-8-22(9-7-21)24-11-10-23(16-26(24)31(33,34)35)41-15-14-40-20(2)39/h3-13,16,18H,14-15,17H2,1-2H3. The summed E-state index contributed by atoms with van der Waals surface area (Å²) in [7, 11) is 0. The Kier molecular flexibility index (Phi) is 7.74. The molecule has 0 aliphatic carbocycles. The van der Waals surface area contributed by atoms with Crippen LogP contribution in [0.5, 0.6) is 5.75 Å². The van der Waals surface area contributed by atoms with Crippen LogP contribution in [0.2, 0.25) is 0 Å². The maximum absolute atomic E-state index is 14.6. The molecule has 0 N–H and O–H groups in total. The van der Waals surface area contributed by atoms with E-state index in [2.05, 4.69) is 9.97 Å². The number of esters is 1. The quantitative estimate of drug-likeness (QED) is 0.114. The lowest BCUT2D eigenvalue weighted by atomic mass is 9.98. The van der Waals surface area contributed by atoms with Crippen molar-refractivity contribution in [2.24, 2.45) is 0 Å². The Morgan fingerprint density at radius 3 is 2.41 bits per heavy atom. The van der Waals surface area contributed by atoms with Crippen molar-refractivity contribution in [3.05, 3.63) is 102 Å². The van der Waals surface area contributed by atoms with Crippen LogP contribution in [-0.2, 0) is 22.3 Å². The number of alkyl halides is 3. The number of benzene rings is 3. The number of aryl methyl sites for hydroxylation is 1. The van der Waals surface area contributed by atoms with Crippen molar-refractivity contribution in [2.75, 3.05) is 13.2 Å². The average Bonchev–Trinajstić information content (AvgIpc) is 3.36. The van der Waals surface area contributed by atoms with Gasteiger partial charge in [-0.25, -0.2) is 14.4 Å². The third-order valence-corrected chi connectivity index (χ3v) is 6.44. The number of halogens is 4. The van der Waals surface area contributed by atoms with Crippen LogP contribution >= 0.6 is 0 Å². The molecule has 0 radical (unpaired) electrons. The largest absolute Gasteiger partial charge is 0.490 e. The molecule has 0 aromatic heterocycles. The summed E-state index contributed by atoms with van der Waals surface area (Å²) >= 11 is 0. The SMILES string of the molecule is CC(=O)OCCOc1ccc(-c2ccc(Cn3ccc4nc(-c5cccc(C)c5F)nc-4c3)cc2)c(C(F)(F)F)c1. The predicted octanol–water partition coefficient (Wildman–Crippen LogP) is 7.17. The normalized spacial score (nSPS) is 11.6. The fourth-order valence-corrected chi connectivity index (χ4v) is 4.44. The first-order valence-corrected chi connectivity index (χ1v) is 12.7. The van der Waals surface area contributed by atoms with E-state index in [0.29, 0.717) is 40.4 Å². The van der Waals surface area contributed by atoms with Crippen LogP contribution in [0.3, 0.4) is 0 Å². The molecule has 2 aliphatic heterocycles. The summed E-state index contributed by atoms with van der Waals surface area (Å²) in [4.78, 5) is 19.8. The predicted molar refractivity (Wildman–Crippen MR) is 145 cm³/mol. The van der Waals surface area contributed by atoms with Gasteiger partial charge in [0.15, 0.2) is 5.82 Å². The molecule has 3 aromatic carbocycles. The number of ether oxygens (including phenoxy) is 2. The van der Waals surface area contributed by atoms with Gasteiger partial charge in [-0.15, -0.1) is 0 Å². The van der Waals surface area contributed by atoms with Crippen molar-refractivity contribution in [1.29, 1.82) is 0 Å². The van der Waals surface area contributed by atoms with Gasteiger partial charge in [0.1, 0.15) is 30.5 Å². The zero-order chi connectivity index (χ0) is 29.1. The third-order valence-electron chi connectivity index (χ3n) is 6.44. The summed E-state index contributed by atoms with van der Waals surface area (Å²) in [5.74, 6) is -0.512. The van der Waals surface area contributed by atoms with Gasteiger partial charge in [-0.2, -0.15) is 13.2 Å². The first-order chi connectivity index (χ1) is 19.6. The van der Waals surface area contributed by atoms with Crippen LogP contribution in [-0.4, -0.2) is 33.7 Å². The minimum atomic E-state index is -4.60. The highest BCUT2D eigenvalue weighted by Crippen LogP contribution is 2.39. The van der Waals surface area contributed by atoms with Crippen LogP contribution in [0.25, 0.3) is 33.9 Å². The van der Waals surface area contributed by atoms with E-state index < -0.39 is 17.7 Å². The van der Waals surface area contributed by atoms with Gasteiger partial charge in [-0.05, 0) is 53.4 Å². The molecular formula is C31H25F4N3O3. The van der Waals surface area contributed by atoms with Gasteiger partial charge in [0.25, 0.3) is 0 Å². The van der Waals surface area contributed by atoms with Gasteiger partial charge in [0.2, 0.25) is 0 Å². The summed E-state index contributed by atoms with van der Waals surface area (Å²) in [5.41, 5.74) is 2.54. The van der Waals surface area contributed by atoms with Gasteiger partial charge in [0.05, 0.1) is 16.8 Å². The molecule has 10 heteroatoms. The van der Waals surface area contributed by atoms with E-state index in [9.17, 15) is 22.4 Å². The van der Waals surface area contributed by atoms with Crippen molar-refractivity contribution in [3.63, 3.8) is 0 Å². The first kappa shape index (κ1) is 27.8. The van der Waals surface area contributed by atoms with E-state index in [0.717, 1.165) is 11.6 Å². The average molecular weight is 564 g/mol. The van der Waals surface area contributed by atoms with Crippen LogP contribution < -0.4 is 4.74 Å². The molecule has 2 heterocycles. The molecule has 210 valence electrons. The highest BCUT2D eigenvalue weighted by atomic mass is 19.4. The smallest absolute Gasteiger partial charge is 0.417 e. The van der Waals surface area contributed by atoms with Gasteiger partial charge in [-0.1, -0.05) is 42.5 Å². The highest BCUT2D eigenvalue weighted by molar-refractivity contribution is 5.70. The van der Waals surface area contributed by atoms with E-state index in [1.165, 1.54) is 19.1 Å². The van der Waals surface area contributed by atoms with Gasteiger partial charge in [-0.3, -0.25) is 4.79 Å². The third kappa shape index (κ3) is 6.37. The van der Waals surface area contributed by atoms with Gasteiger partial charge >= 0.3 is 12.1 Å². The number of aromatic nitrogens is 3. The second kappa shape index (κ2) is 11.4. The van der Waals surface area contributed by atoms with E-state index >= 15 is 0 Å². The Hall–Kier alpha value is -4.73. The number of pyridine rings is 1. The number of imidazole rings is 1. The van der Waals surface area contributed by atoms with Crippen molar-refractivity contribution >= 4 is 5.97 Å². The summed E-state index contributed by atoms with van der Waals surface area (Å²) in [6.45, 7) is 3.25. The lowest BCUT2D eigenvalue weighted by Crippen LogP contribution is -2.11. The van der Waals surface area contributed by atoms with Crippen molar-refractivity contribution in [2.45, 2.75) is 26.6 Å². The molecule has 0 bridgehead atoms. The number of fused-ring (bicyclic) bond motifs is 1. The Labute approximate surface area is 233 Å². The molecule has 6 nitrogen and oxygen atoms in total. The molecule has 41 heavy (non-hydrogen) atoms. The Bertz CT molecular complexity index is 1660. The topological polar surface area (TPSA) is 66.2 Å². The van der Waals surface area contributed by atoms with Gasteiger partial charge < -0.3 is 14.0 Å². The molecule has 0 fully saturated rings. The van der Waals surface area contributed by atoms with E-state index in [1.807, 2.05) is 10.8 Å². The number of rotatable bonds is 8. The molecule has 0 saturated heterocycles. The van der Waals surface area contributed by atoms with E-state index in [1.54, 1.807) is 61.7 Å². The van der Waals surface area contributed by atoms with E-state index in [-0.39, 0.29) is 30.3 Å². The highest BCUT2D eigenvalue weighted by Gasteiger charge is 2.34. The van der Waals surface area contributed by atoms with Crippen LogP contribution in [0, 0.1) is 12.7 Å². The monoisotopic (exact) mass is 563 g/mol. The first-order valence-electron chi connectivity index (χ1n) is 12.7.